The van der Waals surface area contributed by atoms with Gasteiger partial charge in [-0.15, -0.1) is 0 Å². The Morgan fingerprint density at radius 2 is 1.29 bits per heavy atom. The largest absolute Gasteiger partial charge is 0.481 e. The molecule has 0 spiro atoms. The van der Waals surface area contributed by atoms with Crippen molar-refractivity contribution in [2.75, 3.05) is 0 Å². The lowest BCUT2D eigenvalue weighted by Gasteiger charge is -2.69. The van der Waals surface area contributed by atoms with Crippen molar-refractivity contribution in [3.8, 4) is 0 Å². The van der Waals surface area contributed by atoms with Gasteiger partial charge in [-0.25, -0.2) is 0 Å². The summed E-state index contributed by atoms with van der Waals surface area (Å²) in [5, 5.41) is 9.52. The molecule has 0 aromatic heterocycles. The number of rotatable bonds is 3. The molecule has 4 nitrogen and oxygen atoms in total. The molecule has 6 fully saturated rings. The lowest BCUT2D eigenvalue weighted by Crippen LogP contribution is -2.63. The molecule has 11 unspecified atom stereocenters. The number of aliphatic carboxylic acids is 1. The maximum Gasteiger partial charge on any atom is 0.309 e. The number of carboxylic acid groups (broad SMARTS) is 1. The molecule has 0 bridgehead atoms. The minimum absolute atomic E-state index is 0.0580. The fraction of sp³-hybridized carbons (Fsp3) is 0.947. The number of fused-ring (bicyclic) bond motifs is 7. The molecule has 0 aliphatic heterocycles. The average molecular weight is 587 g/mol. The van der Waals surface area contributed by atoms with Gasteiger partial charge in [0.1, 0.15) is 6.10 Å². The van der Waals surface area contributed by atoms with Crippen molar-refractivity contribution in [1.82, 2.24) is 0 Å². The molecule has 6 saturated carbocycles. The summed E-state index contributed by atoms with van der Waals surface area (Å²) in [5.41, 5.74) is 0.799. The van der Waals surface area contributed by atoms with Gasteiger partial charge in [0.05, 0.1) is 11.8 Å². The van der Waals surface area contributed by atoms with Crippen LogP contribution in [-0.2, 0) is 14.3 Å². The minimum Gasteiger partial charge on any atom is -0.481 e. The zero-order chi connectivity index (χ0) is 31.5. The molecule has 6 aliphatic carbocycles. The van der Waals surface area contributed by atoms with Gasteiger partial charge in [0, 0.05) is 5.41 Å². The number of ether oxygens (including phenoxy) is 1. The maximum absolute atomic E-state index is 13.3. The molecule has 242 valence electrons. The number of carbonyl (C=O) groups excluding carboxylic acids is 1. The van der Waals surface area contributed by atoms with Gasteiger partial charge >= 0.3 is 11.9 Å². The predicted octanol–water partition coefficient (Wildman–Crippen LogP) is 10.2. The molecule has 1 N–H and O–H groups in total. The Morgan fingerprint density at radius 3 is 1.90 bits per heavy atom. The second-order valence-corrected chi connectivity index (χ2v) is 17.0. The van der Waals surface area contributed by atoms with Crippen LogP contribution in [0.4, 0.5) is 0 Å². The molecule has 0 amide bonds. The van der Waals surface area contributed by atoms with Gasteiger partial charge in [0.25, 0.3) is 0 Å². The molecule has 4 heteroatoms. The van der Waals surface area contributed by atoms with Crippen LogP contribution >= 0.6 is 0 Å². The molecule has 6 aliphatic rings. The quantitative estimate of drug-likeness (QED) is 0.334. The van der Waals surface area contributed by atoms with Crippen LogP contribution in [0.1, 0.15) is 153 Å². The summed E-state index contributed by atoms with van der Waals surface area (Å²) in [6.45, 7) is 24.5. The monoisotopic (exact) mass is 586 g/mol. The number of carboxylic acids is 1. The van der Waals surface area contributed by atoms with Crippen molar-refractivity contribution in [2.45, 2.75) is 159 Å². The van der Waals surface area contributed by atoms with E-state index in [-0.39, 0.29) is 23.4 Å². The van der Waals surface area contributed by atoms with Crippen molar-refractivity contribution in [1.29, 1.82) is 0 Å². The van der Waals surface area contributed by atoms with Crippen LogP contribution in [0, 0.1) is 68.5 Å². The van der Waals surface area contributed by atoms with E-state index in [1.54, 1.807) is 0 Å². The van der Waals surface area contributed by atoms with Crippen LogP contribution in [0.3, 0.4) is 0 Å². The standard InChI is InChI=1S/C34H54O4.2C2H6/c1-30(2)23(28(35)36)19-24(30)29(37)38-27-14-18-34(7)25(31(27,3)4)13-17-33(6)22-12-16-32(5)15-8-9-21(32)20(22)10-11-26(33)34;2*1-2/h20-27H,8-19H2,1-7H3,(H,35,36);2*1-2H3. The topological polar surface area (TPSA) is 63.6 Å². The Kier molecular flexibility index (Phi) is 9.42. The van der Waals surface area contributed by atoms with Crippen molar-refractivity contribution in [3.05, 3.63) is 0 Å². The van der Waals surface area contributed by atoms with Gasteiger partial charge in [0.15, 0.2) is 0 Å². The smallest absolute Gasteiger partial charge is 0.309 e. The predicted molar refractivity (Wildman–Crippen MR) is 172 cm³/mol. The third-order valence-corrected chi connectivity index (χ3v) is 15.0. The average Bonchev–Trinajstić information content (AvgIpc) is 3.33. The first kappa shape index (κ1) is 33.8. The molecular weight excluding hydrogens is 520 g/mol. The summed E-state index contributed by atoms with van der Waals surface area (Å²) < 4.78 is 6.34. The first-order valence-electron chi connectivity index (χ1n) is 18.1. The van der Waals surface area contributed by atoms with Crippen LogP contribution in [-0.4, -0.2) is 23.1 Å². The number of esters is 1. The van der Waals surface area contributed by atoms with E-state index in [0.717, 1.165) is 36.5 Å². The summed E-state index contributed by atoms with van der Waals surface area (Å²) in [6, 6.07) is 0. The molecule has 42 heavy (non-hydrogen) atoms. The first-order valence-corrected chi connectivity index (χ1v) is 18.1. The van der Waals surface area contributed by atoms with E-state index in [9.17, 15) is 14.7 Å². The Morgan fingerprint density at radius 1 is 0.643 bits per heavy atom. The molecule has 0 radical (unpaired) electrons. The van der Waals surface area contributed by atoms with E-state index >= 15 is 0 Å². The van der Waals surface area contributed by atoms with Crippen molar-refractivity contribution in [2.24, 2.45) is 68.5 Å². The van der Waals surface area contributed by atoms with Crippen LogP contribution in [0.2, 0.25) is 0 Å². The highest BCUT2D eigenvalue weighted by molar-refractivity contribution is 5.81. The zero-order valence-corrected chi connectivity index (χ0v) is 29.3. The van der Waals surface area contributed by atoms with Crippen LogP contribution in [0.15, 0.2) is 0 Å². The van der Waals surface area contributed by atoms with Crippen molar-refractivity contribution < 1.29 is 19.4 Å². The van der Waals surface area contributed by atoms with Gasteiger partial charge in [-0.05, 0) is 122 Å². The van der Waals surface area contributed by atoms with E-state index in [2.05, 4.69) is 34.6 Å². The molecular formula is C38H66O4. The van der Waals surface area contributed by atoms with Crippen LogP contribution in [0.5, 0.6) is 0 Å². The SMILES string of the molecule is CC.CC.CC12CCCC1C1CCC3C(C)(CCC4C(C)(C)C(OC(=O)C5CC(C(=O)O)C5(C)C)CCC43C)C1CC2. The molecule has 0 aromatic rings. The van der Waals surface area contributed by atoms with E-state index in [0.29, 0.717) is 28.6 Å². The summed E-state index contributed by atoms with van der Waals surface area (Å²) in [6.07, 6.45) is 15.2. The molecule has 0 heterocycles. The minimum atomic E-state index is -0.789. The summed E-state index contributed by atoms with van der Waals surface area (Å²) >= 11 is 0. The Labute approximate surface area is 258 Å². The third-order valence-electron chi connectivity index (χ3n) is 15.0. The molecule has 0 saturated heterocycles. The third kappa shape index (κ3) is 4.90. The van der Waals surface area contributed by atoms with Gasteiger partial charge in [-0.1, -0.05) is 82.6 Å². The highest BCUT2D eigenvalue weighted by Gasteiger charge is 2.66. The van der Waals surface area contributed by atoms with E-state index in [4.69, 9.17) is 4.74 Å². The number of hydrogen-bond acceptors (Lipinski definition) is 3. The molecule has 0 aromatic carbocycles. The zero-order valence-electron chi connectivity index (χ0n) is 29.3. The summed E-state index contributed by atoms with van der Waals surface area (Å²) in [5.74, 6) is 2.46. The van der Waals surface area contributed by atoms with Crippen LogP contribution in [0.25, 0.3) is 0 Å². The number of hydrogen-bond donors (Lipinski definition) is 1. The van der Waals surface area contributed by atoms with Crippen LogP contribution < -0.4 is 0 Å². The van der Waals surface area contributed by atoms with Gasteiger partial charge in [0.2, 0.25) is 0 Å². The fourth-order valence-electron chi connectivity index (χ4n) is 12.7. The normalized spacial score (nSPS) is 47.7. The Balaban J connectivity index is 0.000000972. The summed E-state index contributed by atoms with van der Waals surface area (Å²) in [7, 11) is 0. The Bertz CT molecular complexity index is 999. The van der Waals surface area contributed by atoms with Crippen molar-refractivity contribution >= 4 is 11.9 Å². The number of carbonyl (C=O) groups is 2. The van der Waals surface area contributed by atoms with Crippen molar-refractivity contribution in [3.63, 3.8) is 0 Å². The Hall–Kier alpha value is -1.06. The highest BCUT2D eigenvalue weighted by Crippen LogP contribution is 2.73. The lowest BCUT2D eigenvalue weighted by atomic mass is 9.36. The molecule has 11 atom stereocenters. The van der Waals surface area contributed by atoms with Gasteiger partial charge in [-0.2, -0.15) is 0 Å². The highest BCUT2D eigenvalue weighted by atomic mass is 16.5. The molecule has 6 rings (SSSR count). The van der Waals surface area contributed by atoms with Gasteiger partial charge in [-0.3, -0.25) is 9.59 Å². The maximum atomic E-state index is 13.3. The second kappa shape index (κ2) is 11.7. The lowest BCUT2D eigenvalue weighted by molar-refractivity contribution is -0.226. The van der Waals surface area contributed by atoms with Gasteiger partial charge < -0.3 is 9.84 Å². The van der Waals surface area contributed by atoms with E-state index in [1.165, 1.54) is 57.8 Å². The van der Waals surface area contributed by atoms with E-state index in [1.807, 2.05) is 41.5 Å². The second-order valence-electron chi connectivity index (χ2n) is 17.0. The van der Waals surface area contributed by atoms with E-state index < -0.39 is 17.3 Å². The first-order chi connectivity index (χ1) is 19.7. The summed E-state index contributed by atoms with van der Waals surface area (Å²) in [4.78, 5) is 24.9. The fourth-order valence-corrected chi connectivity index (χ4v) is 12.7.